The summed E-state index contributed by atoms with van der Waals surface area (Å²) < 4.78 is 5.24. The molecule has 1 rings (SSSR count). The zero-order valence-corrected chi connectivity index (χ0v) is 14.5. The molecular weight excluding hydrogens is 310 g/mol. The molecule has 1 aromatic carbocycles. The molecule has 24 heavy (non-hydrogen) atoms. The van der Waals surface area contributed by atoms with Crippen LogP contribution in [0.5, 0.6) is 0 Å². The van der Waals surface area contributed by atoms with Gasteiger partial charge in [-0.15, -0.1) is 0 Å². The van der Waals surface area contributed by atoms with Crippen LogP contribution < -0.4 is 16.0 Å². The molecule has 3 amide bonds. The van der Waals surface area contributed by atoms with E-state index in [4.69, 9.17) is 10.5 Å². The van der Waals surface area contributed by atoms with Gasteiger partial charge in [0.05, 0.1) is 5.56 Å². The number of anilines is 1. The number of carbonyl (C=O) groups excluding carboxylic acids is 3. The van der Waals surface area contributed by atoms with Crippen molar-refractivity contribution in [2.24, 2.45) is 11.7 Å². The second-order valence-corrected chi connectivity index (χ2v) is 5.64. The number of nitrogens with two attached hydrogens (primary N) is 1. The van der Waals surface area contributed by atoms with Crippen molar-refractivity contribution in [1.29, 1.82) is 0 Å². The van der Waals surface area contributed by atoms with E-state index in [1.807, 2.05) is 17.4 Å². The number of amides is 3. The highest BCUT2D eigenvalue weighted by molar-refractivity contribution is 5.98. The van der Waals surface area contributed by atoms with E-state index in [0.29, 0.717) is 5.56 Å². The van der Waals surface area contributed by atoms with Gasteiger partial charge in [0, 0.05) is 18.8 Å². The number of urea groups is 1. The number of carbonyl (C=O) groups is 3. The van der Waals surface area contributed by atoms with Crippen molar-refractivity contribution in [3.05, 3.63) is 29.8 Å². The van der Waals surface area contributed by atoms with E-state index in [1.165, 1.54) is 0 Å². The maximum Gasteiger partial charge on any atom is 0.338 e. The largest absolute Gasteiger partial charge is 0.448 e. The van der Waals surface area contributed by atoms with Crippen LogP contribution >= 0.6 is 0 Å². The first-order chi connectivity index (χ1) is 11.3. The molecule has 7 heteroatoms. The predicted molar refractivity (Wildman–Crippen MR) is 91.8 cm³/mol. The summed E-state index contributed by atoms with van der Waals surface area (Å²) in [5.41, 5.74) is 6.27. The highest BCUT2D eigenvalue weighted by Crippen LogP contribution is 2.17. The molecule has 0 saturated carbocycles. The van der Waals surface area contributed by atoms with Crippen LogP contribution in [0.2, 0.25) is 0 Å². The van der Waals surface area contributed by atoms with E-state index in [-0.39, 0.29) is 5.92 Å². The van der Waals surface area contributed by atoms with E-state index in [0.717, 1.165) is 18.8 Å². The lowest BCUT2D eigenvalue weighted by atomic mass is 10.1. The molecule has 0 unspecified atom stereocenters. The van der Waals surface area contributed by atoms with Crippen LogP contribution in [0.4, 0.5) is 10.5 Å². The molecule has 0 spiro atoms. The number of rotatable bonds is 7. The summed E-state index contributed by atoms with van der Waals surface area (Å²) in [5, 5.41) is 1.94. The van der Waals surface area contributed by atoms with Gasteiger partial charge >= 0.3 is 12.0 Å². The molecule has 0 bridgehead atoms. The maximum atomic E-state index is 12.2. The normalized spacial score (nSPS) is 11.7. The fourth-order valence-electron chi connectivity index (χ4n) is 2.27. The van der Waals surface area contributed by atoms with Crippen LogP contribution in [0, 0.1) is 5.92 Å². The topological polar surface area (TPSA) is 102 Å². The van der Waals surface area contributed by atoms with Gasteiger partial charge in [0.25, 0.3) is 5.91 Å². The Labute approximate surface area is 142 Å². The second-order valence-electron chi connectivity index (χ2n) is 5.64. The van der Waals surface area contributed by atoms with Crippen molar-refractivity contribution in [1.82, 2.24) is 5.32 Å². The molecule has 0 aliphatic carbocycles. The molecular formula is C17H25N3O4. The van der Waals surface area contributed by atoms with Crippen molar-refractivity contribution < 1.29 is 19.1 Å². The van der Waals surface area contributed by atoms with Gasteiger partial charge in [-0.25, -0.2) is 9.59 Å². The van der Waals surface area contributed by atoms with Crippen molar-refractivity contribution in [3.8, 4) is 0 Å². The number of ether oxygens (including phenoxy) is 1. The minimum atomic E-state index is -1.09. The Morgan fingerprint density at radius 3 is 2.08 bits per heavy atom. The van der Waals surface area contributed by atoms with E-state index in [9.17, 15) is 14.4 Å². The summed E-state index contributed by atoms with van der Waals surface area (Å²) in [4.78, 5) is 37.1. The lowest BCUT2D eigenvalue weighted by Crippen LogP contribution is -2.45. The van der Waals surface area contributed by atoms with Gasteiger partial charge in [-0.1, -0.05) is 13.8 Å². The third-order valence-electron chi connectivity index (χ3n) is 3.58. The molecule has 0 aromatic heterocycles. The van der Waals surface area contributed by atoms with Crippen LogP contribution in [0.15, 0.2) is 24.3 Å². The Balaban J connectivity index is 2.84. The lowest BCUT2D eigenvalue weighted by molar-refractivity contribution is -0.130. The SMILES string of the molecule is CCN(CC)c1ccc(C(=O)O[C@H](C(=O)NC(N)=O)C(C)C)cc1. The molecule has 0 fully saturated rings. The summed E-state index contributed by atoms with van der Waals surface area (Å²) in [6, 6.07) is 5.98. The number of hydrogen-bond donors (Lipinski definition) is 2. The molecule has 7 nitrogen and oxygen atoms in total. The lowest BCUT2D eigenvalue weighted by Gasteiger charge is -2.22. The zero-order valence-electron chi connectivity index (χ0n) is 14.5. The van der Waals surface area contributed by atoms with Gasteiger partial charge in [-0.2, -0.15) is 0 Å². The van der Waals surface area contributed by atoms with E-state index in [2.05, 4.69) is 18.7 Å². The molecule has 1 aromatic rings. The summed E-state index contributed by atoms with van der Waals surface area (Å²) in [7, 11) is 0. The summed E-state index contributed by atoms with van der Waals surface area (Å²) in [5.74, 6) is -1.66. The quantitative estimate of drug-likeness (QED) is 0.741. The van der Waals surface area contributed by atoms with Gasteiger partial charge in [0.15, 0.2) is 6.10 Å². The van der Waals surface area contributed by atoms with Crippen LogP contribution in [-0.2, 0) is 9.53 Å². The summed E-state index contributed by atoms with van der Waals surface area (Å²) in [6.45, 7) is 9.25. The Kier molecular flexibility index (Phi) is 7.23. The van der Waals surface area contributed by atoms with Gasteiger partial charge < -0.3 is 15.4 Å². The number of nitrogens with zero attached hydrogens (tertiary/aromatic N) is 1. The Bertz CT molecular complexity index is 580. The minimum Gasteiger partial charge on any atom is -0.448 e. The first-order valence-corrected chi connectivity index (χ1v) is 7.96. The number of nitrogens with one attached hydrogen (secondary N) is 1. The molecule has 0 saturated heterocycles. The molecule has 132 valence electrons. The molecule has 1 atom stereocenters. The van der Waals surface area contributed by atoms with Crippen molar-refractivity contribution >= 4 is 23.6 Å². The third kappa shape index (κ3) is 5.26. The number of benzene rings is 1. The highest BCUT2D eigenvalue weighted by Gasteiger charge is 2.27. The molecule has 0 heterocycles. The van der Waals surface area contributed by atoms with Crippen LogP contribution in [-0.4, -0.2) is 37.1 Å². The Hall–Kier alpha value is -2.57. The van der Waals surface area contributed by atoms with Crippen molar-refractivity contribution in [3.63, 3.8) is 0 Å². The maximum absolute atomic E-state index is 12.2. The smallest absolute Gasteiger partial charge is 0.338 e. The monoisotopic (exact) mass is 335 g/mol. The number of primary amides is 1. The van der Waals surface area contributed by atoms with E-state index >= 15 is 0 Å². The molecule has 3 N–H and O–H groups in total. The molecule has 0 aliphatic rings. The van der Waals surface area contributed by atoms with Gasteiger partial charge in [0.2, 0.25) is 0 Å². The average Bonchev–Trinajstić information content (AvgIpc) is 2.53. The van der Waals surface area contributed by atoms with Crippen LogP contribution in [0.25, 0.3) is 0 Å². The minimum absolute atomic E-state index is 0.303. The first-order valence-electron chi connectivity index (χ1n) is 7.96. The average molecular weight is 335 g/mol. The number of imide groups is 1. The standard InChI is InChI=1S/C17H25N3O4/c1-5-20(6-2)13-9-7-12(8-10-13)16(22)24-14(11(3)4)15(21)19-17(18)23/h7-11,14H,5-6H2,1-4H3,(H3,18,19,21,23)/t14-/m0/s1. The Morgan fingerprint density at radius 1 is 1.12 bits per heavy atom. The summed E-state index contributed by atoms with van der Waals surface area (Å²) in [6.07, 6.45) is -1.09. The molecule has 0 radical (unpaired) electrons. The van der Waals surface area contributed by atoms with Crippen molar-refractivity contribution in [2.45, 2.75) is 33.8 Å². The molecule has 0 aliphatic heterocycles. The van der Waals surface area contributed by atoms with E-state index in [1.54, 1.807) is 26.0 Å². The van der Waals surface area contributed by atoms with Crippen LogP contribution in [0.3, 0.4) is 0 Å². The fraction of sp³-hybridized carbons (Fsp3) is 0.471. The number of esters is 1. The van der Waals surface area contributed by atoms with E-state index < -0.39 is 24.0 Å². The highest BCUT2D eigenvalue weighted by atomic mass is 16.5. The van der Waals surface area contributed by atoms with Gasteiger partial charge in [-0.05, 0) is 44.0 Å². The zero-order chi connectivity index (χ0) is 18.3. The number of hydrogen-bond acceptors (Lipinski definition) is 5. The van der Waals surface area contributed by atoms with Gasteiger partial charge in [0.1, 0.15) is 0 Å². The Morgan fingerprint density at radius 2 is 1.67 bits per heavy atom. The summed E-state index contributed by atoms with van der Waals surface area (Å²) >= 11 is 0. The fourth-order valence-corrected chi connectivity index (χ4v) is 2.27. The second kappa shape index (κ2) is 8.90. The van der Waals surface area contributed by atoms with Crippen LogP contribution in [0.1, 0.15) is 38.1 Å². The first kappa shape index (κ1) is 19.5. The third-order valence-corrected chi connectivity index (χ3v) is 3.58. The predicted octanol–water partition coefficient (Wildman–Crippen LogP) is 1.91. The van der Waals surface area contributed by atoms with Gasteiger partial charge in [-0.3, -0.25) is 10.1 Å². The van der Waals surface area contributed by atoms with Crippen molar-refractivity contribution in [2.75, 3.05) is 18.0 Å².